The maximum atomic E-state index is 5.63. The minimum absolute atomic E-state index is 0.417. The van der Waals surface area contributed by atoms with Gasteiger partial charge in [0, 0.05) is 12.7 Å². The summed E-state index contributed by atoms with van der Waals surface area (Å²) in [6, 6.07) is 0. The zero-order valence-electron chi connectivity index (χ0n) is 5.64. The van der Waals surface area contributed by atoms with Gasteiger partial charge in [-0.05, 0) is 6.92 Å². The molecular formula is C6H8Cl2N2. The molecule has 56 valence electrons. The van der Waals surface area contributed by atoms with Gasteiger partial charge in [0.25, 0.3) is 0 Å². The first kappa shape index (κ1) is 7.89. The molecule has 0 N–H and O–H groups in total. The van der Waals surface area contributed by atoms with Crippen molar-refractivity contribution in [2.24, 2.45) is 0 Å². The molecule has 1 heterocycles. The predicted molar refractivity (Wildman–Crippen MR) is 42.5 cm³/mol. The summed E-state index contributed by atoms with van der Waals surface area (Å²) in [6.07, 6.45) is 1.78. The van der Waals surface area contributed by atoms with Crippen molar-refractivity contribution in [3.8, 4) is 0 Å². The molecule has 0 bridgehead atoms. The Hall–Kier alpha value is -0.210. The average Bonchev–Trinajstić information content (AvgIpc) is 2.30. The van der Waals surface area contributed by atoms with Crippen molar-refractivity contribution >= 4 is 23.2 Å². The van der Waals surface area contributed by atoms with E-state index >= 15 is 0 Å². The van der Waals surface area contributed by atoms with Crippen molar-refractivity contribution in [1.82, 2.24) is 9.55 Å². The highest BCUT2D eigenvalue weighted by Gasteiger charge is 2.01. The van der Waals surface area contributed by atoms with E-state index in [0.717, 1.165) is 12.4 Å². The van der Waals surface area contributed by atoms with Gasteiger partial charge in [0.05, 0.1) is 5.88 Å². The molecule has 0 aliphatic carbocycles. The third-order valence-corrected chi connectivity index (χ3v) is 1.71. The average molecular weight is 179 g/mol. The minimum atomic E-state index is 0.417. The Bertz CT molecular complexity index is 198. The van der Waals surface area contributed by atoms with E-state index in [4.69, 9.17) is 23.2 Å². The van der Waals surface area contributed by atoms with Crippen molar-refractivity contribution < 1.29 is 0 Å². The SMILES string of the molecule is CCn1cc(Cl)nc1CCl. The van der Waals surface area contributed by atoms with Gasteiger partial charge in [-0.25, -0.2) is 4.98 Å². The Morgan fingerprint density at radius 2 is 2.40 bits per heavy atom. The second kappa shape index (κ2) is 3.26. The third-order valence-electron chi connectivity index (χ3n) is 1.29. The lowest BCUT2D eigenvalue weighted by molar-refractivity contribution is 0.724. The zero-order valence-corrected chi connectivity index (χ0v) is 7.15. The molecule has 0 unspecified atom stereocenters. The summed E-state index contributed by atoms with van der Waals surface area (Å²) in [5.74, 6) is 1.25. The van der Waals surface area contributed by atoms with E-state index in [0.29, 0.717) is 11.0 Å². The van der Waals surface area contributed by atoms with Gasteiger partial charge in [0.2, 0.25) is 0 Å². The molecule has 0 radical (unpaired) electrons. The van der Waals surface area contributed by atoms with E-state index in [9.17, 15) is 0 Å². The molecule has 0 amide bonds. The summed E-state index contributed by atoms with van der Waals surface area (Å²) in [5.41, 5.74) is 0. The van der Waals surface area contributed by atoms with Crippen molar-refractivity contribution in [2.75, 3.05) is 0 Å². The van der Waals surface area contributed by atoms with Crippen LogP contribution in [-0.2, 0) is 12.4 Å². The molecule has 10 heavy (non-hydrogen) atoms. The normalized spacial score (nSPS) is 10.3. The van der Waals surface area contributed by atoms with Crippen molar-refractivity contribution in [2.45, 2.75) is 19.3 Å². The second-order valence-corrected chi connectivity index (χ2v) is 2.55. The summed E-state index contributed by atoms with van der Waals surface area (Å²) >= 11 is 11.2. The van der Waals surface area contributed by atoms with Crippen LogP contribution in [0.2, 0.25) is 5.15 Å². The molecule has 0 aliphatic rings. The lowest BCUT2D eigenvalue weighted by Crippen LogP contribution is -1.97. The Kier molecular flexibility index (Phi) is 2.57. The van der Waals surface area contributed by atoms with Crippen molar-refractivity contribution in [3.05, 3.63) is 17.2 Å². The summed E-state index contributed by atoms with van der Waals surface area (Å²) in [4.78, 5) is 4.00. The van der Waals surface area contributed by atoms with Crippen LogP contribution in [0.25, 0.3) is 0 Å². The molecule has 0 saturated heterocycles. The number of aryl methyl sites for hydroxylation is 1. The molecule has 0 aliphatic heterocycles. The maximum absolute atomic E-state index is 5.63. The minimum Gasteiger partial charge on any atom is -0.333 e. The van der Waals surface area contributed by atoms with Crippen LogP contribution in [0.15, 0.2) is 6.20 Å². The predicted octanol–water partition coefficient (Wildman–Crippen LogP) is 2.30. The summed E-state index contributed by atoms with van der Waals surface area (Å²) in [5, 5.41) is 0.512. The first-order valence-electron chi connectivity index (χ1n) is 3.05. The highest BCUT2D eigenvalue weighted by Crippen LogP contribution is 2.10. The molecule has 4 heteroatoms. The number of nitrogens with zero attached hydrogens (tertiary/aromatic N) is 2. The fraction of sp³-hybridized carbons (Fsp3) is 0.500. The summed E-state index contributed by atoms with van der Waals surface area (Å²) in [7, 11) is 0. The van der Waals surface area contributed by atoms with Gasteiger partial charge in [0.15, 0.2) is 0 Å². The van der Waals surface area contributed by atoms with Crippen LogP contribution in [0.3, 0.4) is 0 Å². The number of aromatic nitrogens is 2. The van der Waals surface area contributed by atoms with Gasteiger partial charge in [0.1, 0.15) is 11.0 Å². The van der Waals surface area contributed by atoms with E-state index in [1.165, 1.54) is 0 Å². The zero-order chi connectivity index (χ0) is 7.56. The largest absolute Gasteiger partial charge is 0.333 e. The monoisotopic (exact) mass is 178 g/mol. The van der Waals surface area contributed by atoms with Crippen LogP contribution in [0.1, 0.15) is 12.7 Å². The Morgan fingerprint density at radius 3 is 2.80 bits per heavy atom. The Labute approximate surface area is 69.8 Å². The molecule has 1 aromatic heterocycles. The maximum Gasteiger partial charge on any atom is 0.147 e. The van der Waals surface area contributed by atoms with E-state index in [2.05, 4.69) is 4.98 Å². The van der Waals surface area contributed by atoms with Gasteiger partial charge >= 0.3 is 0 Å². The fourth-order valence-corrected chi connectivity index (χ4v) is 1.23. The Balaban J connectivity index is 2.96. The summed E-state index contributed by atoms with van der Waals surface area (Å²) in [6.45, 7) is 2.88. The van der Waals surface area contributed by atoms with Gasteiger partial charge < -0.3 is 4.57 Å². The third kappa shape index (κ3) is 1.44. The van der Waals surface area contributed by atoms with Gasteiger partial charge in [-0.1, -0.05) is 11.6 Å². The molecule has 0 spiro atoms. The van der Waals surface area contributed by atoms with Crippen LogP contribution < -0.4 is 0 Å². The number of imidazole rings is 1. The van der Waals surface area contributed by atoms with Crippen LogP contribution >= 0.6 is 23.2 Å². The molecule has 0 saturated carbocycles. The lowest BCUT2D eigenvalue weighted by Gasteiger charge is -1.97. The number of alkyl halides is 1. The lowest BCUT2D eigenvalue weighted by atomic mass is 10.6. The number of halogens is 2. The van der Waals surface area contributed by atoms with Crippen LogP contribution in [0, 0.1) is 0 Å². The molecule has 0 atom stereocenters. The first-order valence-corrected chi connectivity index (χ1v) is 3.96. The molecule has 1 rings (SSSR count). The highest BCUT2D eigenvalue weighted by atomic mass is 35.5. The van der Waals surface area contributed by atoms with E-state index < -0.39 is 0 Å². The smallest absolute Gasteiger partial charge is 0.147 e. The quantitative estimate of drug-likeness (QED) is 0.637. The molecule has 0 fully saturated rings. The molecule has 0 aromatic carbocycles. The van der Waals surface area contributed by atoms with Crippen LogP contribution in [0.5, 0.6) is 0 Å². The van der Waals surface area contributed by atoms with Crippen molar-refractivity contribution in [1.29, 1.82) is 0 Å². The second-order valence-electron chi connectivity index (χ2n) is 1.90. The van der Waals surface area contributed by atoms with E-state index in [1.807, 2.05) is 11.5 Å². The van der Waals surface area contributed by atoms with Crippen LogP contribution in [0.4, 0.5) is 0 Å². The van der Waals surface area contributed by atoms with E-state index in [-0.39, 0.29) is 0 Å². The number of rotatable bonds is 2. The van der Waals surface area contributed by atoms with Gasteiger partial charge in [-0.15, -0.1) is 11.6 Å². The number of hydrogen-bond donors (Lipinski definition) is 0. The van der Waals surface area contributed by atoms with Crippen molar-refractivity contribution in [3.63, 3.8) is 0 Å². The fourth-order valence-electron chi connectivity index (χ4n) is 0.800. The van der Waals surface area contributed by atoms with Crippen LogP contribution in [-0.4, -0.2) is 9.55 Å². The molecular weight excluding hydrogens is 171 g/mol. The summed E-state index contributed by atoms with van der Waals surface area (Å²) < 4.78 is 1.93. The first-order chi connectivity index (χ1) is 4.77. The van der Waals surface area contributed by atoms with Gasteiger partial charge in [-0.2, -0.15) is 0 Å². The molecule has 2 nitrogen and oxygen atoms in total. The van der Waals surface area contributed by atoms with Gasteiger partial charge in [-0.3, -0.25) is 0 Å². The topological polar surface area (TPSA) is 17.8 Å². The standard InChI is InChI=1S/C6H8Cl2N2/c1-2-10-4-5(8)9-6(10)3-7/h4H,2-3H2,1H3. The highest BCUT2D eigenvalue weighted by molar-refractivity contribution is 6.29. The Morgan fingerprint density at radius 1 is 1.70 bits per heavy atom. The number of hydrogen-bond acceptors (Lipinski definition) is 1. The van der Waals surface area contributed by atoms with E-state index in [1.54, 1.807) is 6.20 Å². The molecule has 1 aromatic rings.